The number of benzene rings is 1. The molecule has 2 N–H and O–H groups in total. The maximum atomic E-state index is 13.6. The zero-order valence-electron chi connectivity index (χ0n) is 22.1. The molecule has 198 valence electrons. The van der Waals surface area contributed by atoms with Crippen LogP contribution in [0.3, 0.4) is 0 Å². The van der Waals surface area contributed by atoms with Gasteiger partial charge in [-0.3, -0.25) is 19.5 Å². The second-order valence-electron chi connectivity index (χ2n) is 9.50. The van der Waals surface area contributed by atoms with E-state index in [2.05, 4.69) is 15.5 Å². The highest BCUT2D eigenvalue weighted by molar-refractivity contribution is 5.82. The molecule has 0 aliphatic rings. The largest absolute Gasteiger partial charge is 0.463 e. The molecular formula is C28H36N4O5. The van der Waals surface area contributed by atoms with Crippen LogP contribution >= 0.6 is 0 Å². The Hall–Kier alpha value is -3.72. The standard InChI is InChI=1S/C28H36N4O5/c1-18(2)15-24(32-12-7-6-11-25(32)33)28(35)29-23(17-26(34)37-14-13-36-5)21-9-8-10-22(16-21)27-19(3)30-31-20(27)4/h6-12,16,18,23-24H,13-15,17H2,1-5H3,(H,29,35)(H,30,31)/t23-,24?/m0/s1. The van der Waals surface area contributed by atoms with Crippen molar-refractivity contribution in [3.63, 3.8) is 0 Å². The van der Waals surface area contributed by atoms with Crippen LogP contribution in [0.5, 0.6) is 0 Å². The molecule has 0 radical (unpaired) electrons. The van der Waals surface area contributed by atoms with Crippen LogP contribution in [-0.2, 0) is 19.1 Å². The summed E-state index contributed by atoms with van der Waals surface area (Å²) in [6, 6.07) is 11.1. The SMILES string of the molecule is COCCOC(=O)C[C@H](NC(=O)C(CC(C)C)n1ccccc1=O)c1cccc(-c2c(C)n[nH]c2C)c1. The van der Waals surface area contributed by atoms with Crippen LogP contribution in [-0.4, -0.2) is 47.0 Å². The van der Waals surface area contributed by atoms with E-state index in [0.29, 0.717) is 6.42 Å². The summed E-state index contributed by atoms with van der Waals surface area (Å²) in [5.74, 6) is -0.630. The second kappa shape index (κ2) is 13.0. The van der Waals surface area contributed by atoms with E-state index in [1.807, 2.05) is 52.0 Å². The number of nitrogens with zero attached hydrogens (tertiary/aromatic N) is 2. The minimum absolute atomic E-state index is 0.0691. The summed E-state index contributed by atoms with van der Waals surface area (Å²) >= 11 is 0. The molecule has 2 heterocycles. The summed E-state index contributed by atoms with van der Waals surface area (Å²) < 4.78 is 11.7. The maximum Gasteiger partial charge on any atom is 0.308 e. The van der Waals surface area contributed by atoms with Crippen LogP contribution in [0.15, 0.2) is 53.5 Å². The van der Waals surface area contributed by atoms with E-state index in [-0.39, 0.29) is 37.0 Å². The average molecular weight is 509 g/mol. The van der Waals surface area contributed by atoms with Crippen molar-refractivity contribution in [1.82, 2.24) is 20.1 Å². The number of hydrogen-bond donors (Lipinski definition) is 2. The topological polar surface area (TPSA) is 115 Å². The highest BCUT2D eigenvalue weighted by Crippen LogP contribution is 2.29. The van der Waals surface area contributed by atoms with Gasteiger partial charge in [0.2, 0.25) is 5.91 Å². The number of carbonyl (C=O) groups excluding carboxylic acids is 2. The van der Waals surface area contributed by atoms with Gasteiger partial charge < -0.3 is 19.4 Å². The molecular weight excluding hydrogens is 472 g/mol. The molecule has 0 saturated heterocycles. The van der Waals surface area contributed by atoms with Crippen molar-refractivity contribution in [3.05, 3.63) is 76.0 Å². The van der Waals surface area contributed by atoms with E-state index in [0.717, 1.165) is 28.1 Å². The summed E-state index contributed by atoms with van der Waals surface area (Å²) in [5, 5.41) is 10.3. The summed E-state index contributed by atoms with van der Waals surface area (Å²) in [6.45, 7) is 8.27. The Kier molecular flexibility index (Phi) is 9.79. The zero-order valence-corrected chi connectivity index (χ0v) is 22.1. The maximum absolute atomic E-state index is 13.6. The molecule has 9 nitrogen and oxygen atoms in total. The van der Waals surface area contributed by atoms with Crippen LogP contribution in [0.1, 0.15) is 55.7 Å². The van der Waals surface area contributed by atoms with Gasteiger partial charge in [0.25, 0.3) is 5.56 Å². The normalized spacial score (nSPS) is 12.8. The van der Waals surface area contributed by atoms with E-state index in [4.69, 9.17) is 9.47 Å². The van der Waals surface area contributed by atoms with Crippen molar-refractivity contribution in [1.29, 1.82) is 0 Å². The number of carbonyl (C=O) groups is 2. The van der Waals surface area contributed by atoms with Crippen molar-refractivity contribution in [3.8, 4) is 11.1 Å². The highest BCUT2D eigenvalue weighted by Gasteiger charge is 2.27. The Morgan fingerprint density at radius 1 is 1.11 bits per heavy atom. The number of aryl methyl sites for hydroxylation is 2. The molecule has 37 heavy (non-hydrogen) atoms. The molecule has 0 aliphatic carbocycles. The van der Waals surface area contributed by atoms with Gasteiger partial charge in [0.05, 0.1) is 24.8 Å². The van der Waals surface area contributed by atoms with Gasteiger partial charge in [0.1, 0.15) is 12.6 Å². The number of rotatable bonds is 12. The molecule has 0 bridgehead atoms. The van der Waals surface area contributed by atoms with E-state index in [1.165, 1.54) is 17.7 Å². The monoisotopic (exact) mass is 508 g/mol. The third-order valence-corrected chi connectivity index (χ3v) is 6.13. The van der Waals surface area contributed by atoms with Crippen molar-refractivity contribution in [2.45, 2.75) is 52.6 Å². The Balaban J connectivity index is 1.95. The lowest BCUT2D eigenvalue weighted by Crippen LogP contribution is -2.40. The number of H-pyrrole nitrogens is 1. The van der Waals surface area contributed by atoms with Crippen LogP contribution in [0, 0.1) is 19.8 Å². The molecule has 2 aromatic heterocycles. The molecule has 0 spiro atoms. The van der Waals surface area contributed by atoms with Gasteiger partial charge in [-0.25, -0.2) is 0 Å². The molecule has 2 atom stereocenters. The van der Waals surface area contributed by atoms with Crippen molar-refractivity contribution < 1.29 is 19.1 Å². The van der Waals surface area contributed by atoms with Gasteiger partial charge in [0, 0.05) is 30.6 Å². The van der Waals surface area contributed by atoms with E-state index < -0.39 is 18.1 Å². The quantitative estimate of drug-likeness (QED) is 0.283. The average Bonchev–Trinajstić information content (AvgIpc) is 3.20. The molecule has 3 aromatic rings. The number of aromatic nitrogens is 3. The third-order valence-electron chi connectivity index (χ3n) is 6.13. The Morgan fingerprint density at radius 2 is 1.89 bits per heavy atom. The molecule has 3 rings (SSSR count). The zero-order chi connectivity index (χ0) is 26.9. The number of methoxy groups -OCH3 is 1. The lowest BCUT2D eigenvalue weighted by Gasteiger charge is -2.25. The van der Waals surface area contributed by atoms with Crippen LogP contribution in [0.2, 0.25) is 0 Å². The van der Waals surface area contributed by atoms with Crippen LogP contribution in [0.4, 0.5) is 0 Å². The first-order chi connectivity index (χ1) is 17.7. The summed E-state index contributed by atoms with van der Waals surface area (Å²) in [7, 11) is 1.53. The first-order valence-corrected chi connectivity index (χ1v) is 12.4. The Labute approximate surface area is 217 Å². The summed E-state index contributed by atoms with van der Waals surface area (Å²) in [6.07, 6.45) is 2.02. The smallest absolute Gasteiger partial charge is 0.308 e. The molecule has 1 aromatic carbocycles. The number of pyridine rings is 1. The number of esters is 1. The molecule has 0 fully saturated rings. The number of amides is 1. The van der Waals surface area contributed by atoms with Gasteiger partial charge >= 0.3 is 5.97 Å². The van der Waals surface area contributed by atoms with E-state index in [1.54, 1.807) is 18.3 Å². The lowest BCUT2D eigenvalue weighted by molar-refractivity contribution is -0.145. The molecule has 0 aliphatic heterocycles. The number of hydrogen-bond acceptors (Lipinski definition) is 6. The molecule has 1 unspecified atom stereocenters. The lowest BCUT2D eigenvalue weighted by atomic mass is 9.96. The first-order valence-electron chi connectivity index (χ1n) is 12.4. The number of nitrogens with one attached hydrogen (secondary N) is 2. The molecule has 0 saturated carbocycles. The van der Waals surface area contributed by atoms with E-state index in [9.17, 15) is 14.4 Å². The van der Waals surface area contributed by atoms with Crippen molar-refractivity contribution in [2.24, 2.45) is 5.92 Å². The van der Waals surface area contributed by atoms with Crippen LogP contribution in [0.25, 0.3) is 11.1 Å². The van der Waals surface area contributed by atoms with Crippen molar-refractivity contribution in [2.75, 3.05) is 20.3 Å². The number of ether oxygens (including phenoxy) is 2. The Bertz CT molecular complexity index is 1240. The van der Waals surface area contributed by atoms with Gasteiger partial charge in [-0.05, 0) is 49.4 Å². The number of aromatic amines is 1. The molecule has 9 heteroatoms. The fourth-order valence-corrected chi connectivity index (χ4v) is 4.36. The van der Waals surface area contributed by atoms with Gasteiger partial charge in [0.15, 0.2) is 0 Å². The fraction of sp³-hybridized carbons (Fsp3) is 0.429. The third kappa shape index (κ3) is 7.39. The Morgan fingerprint density at radius 3 is 2.54 bits per heavy atom. The molecule has 1 amide bonds. The second-order valence-corrected chi connectivity index (χ2v) is 9.50. The van der Waals surface area contributed by atoms with Gasteiger partial charge in [-0.15, -0.1) is 0 Å². The fourth-order valence-electron chi connectivity index (χ4n) is 4.36. The minimum atomic E-state index is -0.720. The van der Waals surface area contributed by atoms with Gasteiger partial charge in [-0.1, -0.05) is 38.1 Å². The predicted octanol–water partition coefficient (Wildman–Crippen LogP) is 3.88. The first kappa shape index (κ1) is 27.9. The highest BCUT2D eigenvalue weighted by atomic mass is 16.6. The summed E-state index contributed by atoms with van der Waals surface area (Å²) in [5.41, 5.74) is 4.17. The predicted molar refractivity (Wildman–Crippen MR) is 141 cm³/mol. The van der Waals surface area contributed by atoms with Crippen molar-refractivity contribution >= 4 is 11.9 Å². The van der Waals surface area contributed by atoms with Crippen LogP contribution < -0.4 is 10.9 Å². The summed E-state index contributed by atoms with van der Waals surface area (Å²) in [4.78, 5) is 38.9. The van der Waals surface area contributed by atoms with E-state index >= 15 is 0 Å². The minimum Gasteiger partial charge on any atom is -0.463 e. The van der Waals surface area contributed by atoms with Gasteiger partial charge in [-0.2, -0.15) is 5.10 Å².